The Balaban J connectivity index is 1.68. The highest BCUT2D eigenvalue weighted by molar-refractivity contribution is 7.89. The summed E-state index contributed by atoms with van der Waals surface area (Å²) in [5, 5.41) is 8.61. The molecule has 2 saturated heterocycles. The Labute approximate surface area is 197 Å². The summed E-state index contributed by atoms with van der Waals surface area (Å²) in [5.41, 5.74) is 1.70. The summed E-state index contributed by atoms with van der Waals surface area (Å²) in [6.07, 6.45) is -4.95. The van der Waals surface area contributed by atoms with Gasteiger partial charge >= 0.3 is 6.18 Å². The van der Waals surface area contributed by atoms with Gasteiger partial charge in [-0.3, -0.25) is 0 Å². The predicted octanol–water partition coefficient (Wildman–Crippen LogP) is 4.41. The molecule has 6 nitrogen and oxygen atoms in total. The fourth-order valence-electron chi connectivity index (χ4n) is 5.08. The highest BCUT2D eigenvalue weighted by Crippen LogP contribution is 2.55. The van der Waals surface area contributed by atoms with Crippen LogP contribution in [0.3, 0.4) is 0 Å². The molecule has 186 valence electrons. The van der Waals surface area contributed by atoms with Gasteiger partial charge in [0.05, 0.1) is 18.8 Å². The van der Waals surface area contributed by atoms with Crippen LogP contribution >= 0.6 is 0 Å². The number of nitrogens with zero attached hydrogens (tertiary/aromatic N) is 1. The summed E-state index contributed by atoms with van der Waals surface area (Å²) >= 11 is 0. The molecule has 0 aliphatic carbocycles. The van der Waals surface area contributed by atoms with Crippen molar-refractivity contribution in [2.24, 2.45) is 0 Å². The maximum atomic E-state index is 13.1. The zero-order valence-corrected chi connectivity index (χ0v) is 19.7. The number of alkyl halides is 3. The second-order valence-corrected chi connectivity index (χ2v) is 11.1. The number of halogens is 3. The van der Waals surface area contributed by atoms with Gasteiger partial charge in [-0.25, -0.2) is 8.42 Å². The molecule has 0 saturated carbocycles. The molecule has 2 aliphatic heterocycles. The Morgan fingerprint density at radius 3 is 2.24 bits per heavy atom. The molecule has 1 N–H and O–H groups in total. The monoisotopic (exact) mass is 499 g/mol. The first-order chi connectivity index (χ1) is 16.0. The average molecular weight is 500 g/mol. The molecule has 2 aliphatic rings. The summed E-state index contributed by atoms with van der Waals surface area (Å²) in [6.45, 7) is 1.02. The molecule has 2 aromatic carbocycles. The zero-order chi connectivity index (χ0) is 24.7. The van der Waals surface area contributed by atoms with E-state index in [1.54, 1.807) is 24.3 Å². The molecule has 34 heavy (non-hydrogen) atoms. The number of fused-ring (bicyclic) bond motifs is 2. The van der Waals surface area contributed by atoms with Crippen molar-refractivity contribution < 1.29 is 36.2 Å². The van der Waals surface area contributed by atoms with Gasteiger partial charge in [0.15, 0.2) is 0 Å². The van der Waals surface area contributed by atoms with E-state index in [1.807, 2.05) is 31.2 Å². The summed E-state index contributed by atoms with van der Waals surface area (Å²) in [4.78, 5) is 0. The number of benzene rings is 2. The van der Waals surface area contributed by atoms with Crippen molar-refractivity contribution in [3.05, 3.63) is 59.7 Å². The van der Waals surface area contributed by atoms with Crippen molar-refractivity contribution in [3.63, 3.8) is 0 Å². The van der Waals surface area contributed by atoms with E-state index in [0.717, 1.165) is 24.6 Å². The topological polar surface area (TPSA) is 76.1 Å². The van der Waals surface area contributed by atoms with Gasteiger partial charge in [0, 0.05) is 18.9 Å². The predicted molar refractivity (Wildman–Crippen MR) is 120 cm³/mol. The third-order valence-corrected chi connectivity index (χ3v) is 8.76. The van der Waals surface area contributed by atoms with E-state index in [2.05, 4.69) is 0 Å². The molecule has 0 unspecified atom stereocenters. The molecule has 0 amide bonds. The first kappa shape index (κ1) is 24.8. The third-order valence-electron chi connectivity index (χ3n) is 6.54. The Morgan fingerprint density at radius 2 is 1.65 bits per heavy atom. The van der Waals surface area contributed by atoms with E-state index in [0.29, 0.717) is 16.7 Å². The maximum Gasteiger partial charge on any atom is 0.402 e. The number of rotatable bonds is 8. The van der Waals surface area contributed by atoms with Crippen LogP contribution in [0, 0.1) is 0 Å². The molecule has 4 rings (SSSR count). The second kappa shape index (κ2) is 9.39. The van der Waals surface area contributed by atoms with Crippen molar-refractivity contribution >= 4 is 10.0 Å². The van der Waals surface area contributed by atoms with Crippen molar-refractivity contribution in [2.45, 2.75) is 55.2 Å². The van der Waals surface area contributed by atoms with Gasteiger partial charge < -0.3 is 14.6 Å². The van der Waals surface area contributed by atoms with E-state index < -0.39 is 40.2 Å². The zero-order valence-electron chi connectivity index (χ0n) is 18.9. The normalized spacial score (nSPS) is 26.8. The number of ether oxygens (including phenoxy) is 2. The average Bonchev–Trinajstić information content (AvgIpc) is 3.37. The number of hydrogen-bond acceptors (Lipinski definition) is 5. The van der Waals surface area contributed by atoms with Crippen molar-refractivity contribution in [3.8, 4) is 11.5 Å². The van der Waals surface area contributed by atoms with Crippen LogP contribution < -0.4 is 4.74 Å². The summed E-state index contributed by atoms with van der Waals surface area (Å²) in [7, 11) is -3.29. The molecule has 2 aromatic rings. The van der Waals surface area contributed by atoms with E-state index in [4.69, 9.17) is 9.47 Å². The van der Waals surface area contributed by atoms with Gasteiger partial charge in [-0.15, -0.1) is 0 Å². The van der Waals surface area contributed by atoms with Crippen LogP contribution in [-0.4, -0.2) is 61.7 Å². The van der Waals surface area contributed by atoms with Crippen LogP contribution in [0.5, 0.6) is 11.5 Å². The van der Waals surface area contributed by atoms with E-state index >= 15 is 0 Å². The fraction of sp³-hybridized carbons (Fsp3) is 0.500. The second-order valence-electron chi connectivity index (χ2n) is 8.89. The first-order valence-corrected chi connectivity index (χ1v) is 12.7. The van der Waals surface area contributed by atoms with Gasteiger partial charge in [0.1, 0.15) is 23.3 Å². The van der Waals surface area contributed by atoms with Crippen LogP contribution in [0.1, 0.15) is 42.7 Å². The molecule has 0 spiro atoms. The van der Waals surface area contributed by atoms with Gasteiger partial charge in [-0.1, -0.05) is 31.2 Å². The first-order valence-electron chi connectivity index (χ1n) is 11.2. The van der Waals surface area contributed by atoms with Crippen molar-refractivity contribution in [1.82, 2.24) is 4.31 Å². The Kier molecular flexibility index (Phi) is 6.85. The number of sulfonamides is 1. The molecule has 0 radical (unpaired) electrons. The molecule has 5 atom stereocenters. The number of hydrogen-bond donors (Lipinski definition) is 1. The highest BCUT2D eigenvalue weighted by atomic mass is 32.2. The minimum absolute atomic E-state index is 0.106. The molecule has 2 heterocycles. The summed E-state index contributed by atoms with van der Waals surface area (Å²) < 4.78 is 77.2. The molecule has 2 fully saturated rings. The third kappa shape index (κ3) is 4.89. The molecule has 2 bridgehead atoms. The lowest BCUT2D eigenvalue weighted by Crippen LogP contribution is -2.47. The number of phenolic OH excluding ortho intramolecular Hbond substituents is 1. The molecule has 10 heteroatoms. The van der Waals surface area contributed by atoms with Crippen molar-refractivity contribution in [2.75, 3.05) is 20.2 Å². The molecular weight excluding hydrogens is 471 g/mol. The lowest BCUT2D eigenvalue weighted by molar-refractivity contribution is -0.134. The highest BCUT2D eigenvalue weighted by Gasteiger charge is 2.59. The lowest BCUT2D eigenvalue weighted by atomic mass is 9.72. The standard InChI is InChI=1S/C24H28F3NO5S/c1-3-12-32-18-10-6-16(7-11-18)22-21(15-4-8-17(29)9-5-15)19-13-20(23(22)33-19)34(30,31)28(2)14-24(25,26)27/h4-11,19-23,29H,3,12-14H2,1-2H3/t19-,20+,21-,22+,23+/m1/s1. The molecule has 0 aromatic heterocycles. The Morgan fingerprint density at radius 1 is 1.06 bits per heavy atom. The fourth-order valence-corrected chi connectivity index (χ4v) is 6.87. The van der Waals surface area contributed by atoms with E-state index in [-0.39, 0.29) is 24.0 Å². The van der Waals surface area contributed by atoms with Gasteiger partial charge in [-0.2, -0.15) is 17.5 Å². The largest absolute Gasteiger partial charge is 0.508 e. The van der Waals surface area contributed by atoms with Crippen LogP contribution in [0.15, 0.2) is 48.5 Å². The van der Waals surface area contributed by atoms with Crippen LogP contribution in [0.25, 0.3) is 0 Å². The minimum atomic E-state index is -4.64. The SMILES string of the molecule is CCCOc1ccc([C@@H]2[C@H]3O[C@H](C[C@@H]3S(=O)(=O)N(C)CC(F)(F)F)[C@H]2c2ccc(O)cc2)cc1. The Bertz CT molecular complexity index is 1090. The smallest absolute Gasteiger partial charge is 0.402 e. The van der Waals surface area contributed by atoms with E-state index in [1.165, 1.54) is 0 Å². The Hall–Kier alpha value is -2.30. The minimum Gasteiger partial charge on any atom is -0.508 e. The number of aromatic hydroxyl groups is 1. The van der Waals surface area contributed by atoms with Crippen LogP contribution in [0.2, 0.25) is 0 Å². The molecular formula is C24H28F3NO5S. The van der Waals surface area contributed by atoms with Gasteiger partial charge in [-0.05, 0) is 48.2 Å². The van der Waals surface area contributed by atoms with Crippen molar-refractivity contribution in [1.29, 1.82) is 0 Å². The van der Waals surface area contributed by atoms with Gasteiger partial charge in [0.2, 0.25) is 10.0 Å². The maximum absolute atomic E-state index is 13.1. The van der Waals surface area contributed by atoms with E-state index in [9.17, 15) is 26.7 Å². The lowest BCUT2D eigenvalue weighted by Gasteiger charge is -2.35. The summed E-state index contributed by atoms with van der Waals surface area (Å²) in [6, 6.07) is 14.0. The van der Waals surface area contributed by atoms with Gasteiger partial charge in [0.25, 0.3) is 0 Å². The quantitative estimate of drug-likeness (QED) is 0.582. The number of phenols is 1. The van der Waals surface area contributed by atoms with Crippen LogP contribution in [0.4, 0.5) is 13.2 Å². The summed E-state index contributed by atoms with van der Waals surface area (Å²) in [5.74, 6) is 0.205. The van der Waals surface area contributed by atoms with Crippen LogP contribution in [-0.2, 0) is 14.8 Å².